The number of anilines is 1. The Morgan fingerprint density at radius 3 is 2.50 bits per heavy atom. The van der Waals surface area contributed by atoms with Crippen LogP contribution in [0.1, 0.15) is 5.56 Å². The van der Waals surface area contributed by atoms with Gasteiger partial charge in [-0.05, 0) is 56.9 Å². The molecule has 0 N–H and O–H groups in total. The van der Waals surface area contributed by atoms with Gasteiger partial charge in [-0.3, -0.25) is 9.69 Å². The van der Waals surface area contributed by atoms with E-state index in [9.17, 15) is 4.79 Å². The summed E-state index contributed by atoms with van der Waals surface area (Å²) in [6.07, 6.45) is 0. The zero-order chi connectivity index (χ0) is 21.1. The van der Waals surface area contributed by atoms with Crippen molar-refractivity contribution in [2.75, 3.05) is 38.7 Å². The van der Waals surface area contributed by atoms with E-state index in [0.717, 1.165) is 15.8 Å². The van der Waals surface area contributed by atoms with Crippen molar-refractivity contribution in [3.05, 3.63) is 51.0 Å². The van der Waals surface area contributed by atoms with Gasteiger partial charge in [-0.25, -0.2) is 4.98 Å². The first-order valence-corrected chi connectivity index (χ1v) is 10.8. The second-order valence-corrected chi connectivity index (χ2v) is 9.07. The first-order chi connectivity index (χ1) is 13.7. The largest absolute Gasteiger partial charge is 0.482 e. The number of fused-ring (bicyclic) bond motifs is 1. The van der Waals surface area contributed by atoms with E-state index in [0.29, 0.717) is 39.0 Å². The summed E-state index contributed by atoms with van der Waals surface area (Å²) in [6, 6.07) is 8.61. The number of carbonyl (C=O) groups excluding carboxylic acids is 1. The van der Waals surface area contributed by atoms with Gasteiger partial charge in [0, 0.05) is 23.1 Å². The van der Waals surface area contributed by atoms with Crippen molar-refractivity contribution in [1.29, 1.82) is 0 Å². The van der Waals surface area contributed by atoms with Crippen molar-refractivity contribution in [3.8, 4) is 5.75 Å². The Bertz CT molecular complexity index is 1040. The number of hydrogen-bond donors (Lipinski definition) is 0. The number of hydrogen-bond acceptors (Lipinski definition) is 5. The van der Waals surface area contributed by atoms with Gasteiger partial charge in [0.1, 0.15) is 5.75 Å². The quantitative estimate of drug-likeness (QED) is 0.395. The number of ether oxygens (including phenoxy) is 1. The lowest BCUT2D eigenvalue weighted by Gasteiger charge is -2.22. The average molecular weight is 509 g/mol. The van der Waals surface area contributed by atoms with E-state index in [2.05, 4.69) is 4.98 Å². The Morgan fingerprint density at radius 2 is 1.83 bits per heavy atom. The number of amides is 1. The Labute approximate surface area is 200 Å². The zero-order valence-electron chi connectivity index (χ0n) is 16.6. The van der Waals surface area contributed by atoms with E-state index in [1.807, 2.05) is 38.1 Å². The summed E-state index contributed by atoms with van der Waals surface area (Å²) in [5.74, 6) is 0.199. The standard InChI is InChI=1S/C20H20Cl3N3O2S.ClH/c1-12-8-14(22)10-17-19(12)24-20(29-17)26(7-6-25(2)3)18(27)11-28-16-5-4-13(21)9-15(16)23;/h4-5,8-10H,6-7,11H2,1-3H3;1H. The fourth-order valence-electron chi connectivity index (χ4n) is 2.69. The summed E-state index contributed by atoms with van der Waals surface area (Å²) in [5.41, 5.74) is 1.82. The SMILES string of the molecule is Cc1cc(Cl)cc2sc(N(CCN(C)C)C(=O)COc3ccc(Cl)cc3Cl)nc12.Cl. The van der Waals surface area contributed by atoms with Crippen LogP contribution in [0.2, 0.25) is 15.1 Å². The maximum absolute atomic E-state index is 13.0. The minimum absolute atomic E-state index is 0. The molecule has 162 valence electrons. The third kappa shape index (κ3) is 6.13. The molecule has 0 unspecified atom stereocenters. The number of thiazole rings is 1. The second kappa shape index (κ2) is 10.8. The van der Waals surface area contributed by atoms with Crippen molar-refractivity contribution in [1.82, 2.24) is 9.88 Å². The average Bonchev–Trinajstić information content (AvgIpc) is 3.04. The summed E-state index contributed by atoms with van der Waals surface area (Å²) in [4.78, 5) is 21.3. The number of benzene rings is 2. The van der Waals surface area contributed by atoms with Crippen LogP contribution in [0, 0.1) is 6.92 Å². The Morgan fingerprint density at radius 1 is 1.10 bits per heavy atom. The summed E-state index contributed by atoms with van der Waals surface area (Å²) >= 11 is 19.6. The Kier molecular flexibility index (Phi) is 9.03. The van der Waals surface area contributed by atoms with E-state index in [1.54, 1.807) is 23.1 Å². The van der Waals surface area contributed by atoms with E-state index >= 15 is 0 Å². The number of nitrogens with zero attached hydrogens (tertiary/aromatic N) is 3. The van der Waals surface area contributed by atoms with Crippen LogP contribution in [-0.2, 0) is 4.79 Å². The lowest BCUT2D eigenvalue weighted by molar-refractivity contribution is -0.120. The van der Waals surface area contributed by atoms with Gasteiger partial charge in [0.2, 0.25) is 0 Å². The Balaban J connectivity index is 0.00000320. The molecule has 0 atom stereocenters. The highest BCUT2D eigenvalue weighted by molar-refractivity contribution is 7.22. The smallest absolute Gasteiger partial charge is 0.266 e. The van der Waals surface area contributed by atoms with Crippen LogP contribution in [0.25, 0.3) is 10.2 Å². The Hall–Kier alpha value is -1.28. The molecule has 0 saturated carbocycles. The number of aromatic nitrogens is 1. The van der Waals surface area contributed by atoms with Crippen LogP contribution in [0.5, 0.6) is 5.75 Å². The number of likely N-dealkylation sites (N-methyl/N-ethyl adjacent to an activating group) is 1. The first kappa shape index (κ1) is 25.0. The number of halogens is 4. The van der Waals surface area contributed by atoms with Gasteiger partial charge >= 0.3 is 0 Å². The first-order valence-electron chi connectivity index (χ1n) is 8.84. The lowest BCUT2D eigenvalue weighted by atomic mass is 10.2. The molecule has 3 aromatic rings. The molecular formula is C20H21Cl4N3O2S. The maximum atomic E-state index is 13.0. The molecule has 1 amide bonds. The minimum Gasteiger partial charge on any atom is -0.482 e. The third-order valence-electron chi connectivity index (χ3n) is 4.19. The highest BCUT2D eigenvalue weighted by Crippen LogP contribution is 2.33. The predicted molar refractivity (Wildman–Crippen MR) is 129 cm³/mol. The van der Waals surface area contributed by atoms with Crippen LogP contribution in [-0.4, -0.2) is 49.6 Å². The fraction of sp³-hybridized carbons (Fsp3) is 0.300. The molecule has 0 fully saturated rings. The molecule has 1 heterocycles. The van der Waals surface area contributed by atoms with Crippen molar-refractivity contribution in [2.24, 2.45) is 0 Å². The van der Waals surface area contributed by atoms with Crippen LogP contribution in [0.15, 0.2) is 30.3 Å². The highest BCUT2D eigenvalue weighted by Gasteiger charge is 2.21. The van der Waals surface area contributed by atoms with Crippen molar-refractivity contribution in [3.63, 3.8) is 0 Å². The van der Waals surface area contributed by atoms with Crippen molar-refractivity contribution < 1.29 is 9.53 Å². The predicted octanol–water partition coefficient (Wildman–Crippen LogP) is 5.96. The molecule has 10 heteroatoms. The summed E-state index contributed by atoms with van der Waals surface area (Å²) in [7, 11) is 3.91. The second-order valence-electron chi connectivity index (χ2n) is 6.78. The van der Waals surface area contributed by atoms with Gasteiger partial charge in [0.25, 0.3) is 5.91 Å². The number of aryl methyl sites for hydroxylation is 1. The van der Waals surface area contributed by atoms with Gasteiger partial charge in [-0.2, -0.15) is 0 Å². The normalized spacial score (nSPS) is 10.9. The molecule has 0 aliphatic carbocycles. The molecule has 0 saturated heterocycles. The molecule has 2 aromatic carbocycles. The minimum atomic E-state index is -0.208. The van der Waals surface area contributed by atoms with Crippen molar-refractivity contribution in [2.45, 2.75) is 6.92 Å². The van der Waals surface area contributed by atoms with Crippen molar-refractivity contribution >= 4 is 79.8 Å². The third-order valence-corrected chi connectivity index (χ3v) is 5.96. The van der Waals surface area contributed by atoms with E-state index in [-0.39, 0.29) is 24.9 Å². The maximum Gasteiger partial charge on any atom is 0.266 e. The molecule has 5 nitrogen and oxygen atoms in total. The van der Waals surface area contributed by atoms with Gasteiger partial charge < -0.3 is 9.64 Å². The molecule has 0 spiro atoms. The van der Waals surface area contributed by atoms with Crippen LogP contribution < -0.4 is 9.64 Å². The fourth-order valence-corrected chi connectivity index (χ4v) is 4.62. The molecule has 0 aliphatic heterocycles. The monoisotopic (exact) mass is 507 g/mol. The summed E-state index contributed by atoms with van der Waals surface area (Å²) < 4.78 is 6.58. The van der Waals surface area contributed by atoms with E-state index in [1.165, 1.54) is 11.3 Å². The topological polar surface area (TPSA) is 45.7 Å². The van der Waals surface area contributed by atoms with Gasteiger partial charge in [0.05, 0.1) is 15.2 Å². The van der Waals surface area contributed by atoms with Crippen LogP contribution >= 0.6 is 58.5 Å². The summed E-state index contributed by atoms with van der Waals surface area (Å²) in [6.45, 7) is 2.96. The molecule has 0 radical (unpaired) electrons. The summed E-state index contributed by atoms with van der Waals surface area (Å²) in [5, 5.41) is 2.13. The van der Waals surface area contributed by atoms with E-state index in [4.69, 9.17) is 39.5 Å². The van der Waals surface area contributed by atoms with Gasteiger partial charge in [-0.1, -0.05) is 46.1 Å². The van der Waals surface area contributed by atoms with Crippen LogP contribution in [0.3, 0.4) is 0 Å². The highest BCUT2D eigenvalue weighted by atomic mass is 35.5. The lowest BCUT2D eigenvalue weighted by Crippen LogP contribution is -2.39. The number of rotatable bonds is 7. The molecule has 1 aromatic heterocycles. The molecule has 30 heavy (non-hydrogen) atoms. The van der Waals surface area contributed by atoms with Gasteiger partial charge in [0.15, 0.2) is 11.7 Å². The van der Waals surface area contributed by atoms with Gasteiger partial charge in [-0.15, -0.1) is 12.4 Å². The van der Waals surface area contributed by atoms with Crippen LogP contribution in [0.4, 0.5) is 5.13 Å². The molecular weight excluding hydrogens is 488 g/mol. The number of carbonyl (C=O) groups is 1. The molecule has 0 aliphatic rings. The zero-order valence-corrected chi connectivity index (χ0v) is 20.5. The molecule has 0 bridgehead atoms. The molecule has 3 rings (SSSR count). The van der Waals surface area contributed by atoms with E-state index < -0.39 is 0 Å².